The number of carbonyl (C=O) groups is 1. The van der Waals surface area contributed by atoms with Gasteiger partial charge in [-0.25, -0.2) is 0 Å². The van der Waals surface area contributed by atoms with Gasteiger partial charge in [0.2, 0.25) is 5.91 Å². The molecule has 0 saturated heterocycles. The van der Waals surface area contributed by atoms with E-state index in [1.54, 1.807) is 7.05 Å². The van der Waals surface area contributed by atoms with E-state index in [0.717, 1.165) is 15.9 Å². The summed E-state index contributed by atoms with van der Waals surface area (Å²) in [5.41, 5.74) is 6.72. The van der Waals surface area contributed by atoms with E-state index in [-0.39, 0.29) is 11.9 Å². The zero-order valence-corrected chi connectivity index (χ0v) is 13.1. The maximum absolute atomic E-state index is 11.5. The lowest BCUT2D eigenvalue weighted by atomic mass is 9.93. The van der Waals surface area contributed by atoms with Gasteiger partial charge < -0.3 is 11.1 Å². The van der Waals surface area contributed by atoms with Crippen LogP contribution in [0.3, 0.4) is 0 Å². The van der Waals surface area contributed by atoms with Crippen molar-refractivity contribution in [3.8, 4) is 0 Å². The highest BCUT2D eigenvalue weighted by Crippen LogP contribution is 2.26. The molecule has 0 saturated carbocycles. The Labute approximate surface area is 116 Å². The third-order valence-electron chi connectivity index (χ3n) is 3.45. The molecule has 6 heteroatoms. The maximum atomic E-state index is 11.5. The first-order valence-corrected chi connectivity index (χ1v) is 6.72. The van der Waals surface area contributed by atoms with Gasteiger partial charge in [0, 0.05) is 0 Å². The van der Waals surface area contributed by atoms with Crippen molar-refractivity contribution in [3.63, 3.8) is 0 Å². The largest absolute Gasteiger partial charge is 0.368 e. The monoisotopic (exact) mass is 316 g/mol. The number of primary amides is 1. The van der Waals surface area contributed by atoms with Crippen molar-refractivity contribution >= 4 is 21.8 Å². The minimum absolute atomic E-state index is 0.0833. The summed E-state index contributed by atoms with van der Waals surface area (Å²) in [6.07, 6.45) is 0.591. The number of nitrogens with one attached hydrogen (secondary N) is 1. The van der Waals surface area contributed by atoms with E-state index in [0.29, 0.717) is 6.42 Å². The second-order valence-corrected chi connectivity index (χ2v) is 5.72. The van der Waals surface area contributed by atoms with Crippen LogP contribution in [-0.2, 0) is 4.79 Å². The molecule has 1 rings (SSSR count). The molecule has 2 atom stereocenters. The molecular formula is C12H21BrN4O. The summed E-state index contributed by atoms with van der Waals surface area (Å²) in [6, 6.07) is 0.0833. The van der Waals surface area contributed by atoms with E-state index in [2.05, 4.69) is 26.3 Å². The summed E-state index contributed by atoms with van der Waals surface area (Å²) in [5.74, 6) is -0.350. The second-order valence-electron chi connectivity index (χ2n) is 4.93. The molecule has 0 bridgehead atoms. The van der Waals surface area contributed by atoms with Crippen LogP contribution < -0.4 is 11.1 Å². The summed E-state index contributed by atoms with van der Waals surface area (Å²) in [6.45, 7) is 7.80. The number of nitrogens with two attached hydrogens (primary N) is 1. The quantitative estimate of drug-likeness (QED) is 0.868. The van der Waals surface area contributed by atoms with Crippen LogP contribution in [0.2, 0.25) is 0 Å². The first-order chi connectivity index (χ1) is 8.23. The van der Waals surface area contributed by atoms with Gasteiger partial charge in [-0.2, -0.15) is 5.10 Å². The van der Waals surface area contributed by atoms with Crippen LogP contribution in [0, 0.1) is 13.8 Å². The smallest absolute Gasteiger partial charge is 0.237 e. The Bertz CT molecular complexity index is 457. The van der Waals surface area contributed by atoms with E-state index in [4.69, 9.17) is 5.73 Å². The Morgan fingerprint density at radius 2 is 2.17 bits per heavy atom. The first-order valence-electron chi connectivity index (χ1n) is 5.93. The van der Waals surface area contributed by atoms with Crippen molar-refractivity contribution in [2.75, 3.05) is 7.05 Å². The van der Waals surface area contributed by atoms with Crippen molar-refractivity contribution in [3.05, 3.63) is 15.9 Å². The first kappa shape index (κ1) is 15.2. The molecule has 0 fully saturated rings. The zero-order valence-electron chi connectivity index (χ0n) is 11.5. The normalized spacial score (nSPS) is 16.3. The number of amides is 1. The highest BCUT2D eigenvalue weighted by molar-refractivity contribution is 9.10. The van der Waals surface area contributed by atoms with Gasteiger partial charge in [0.15, 0.2) is 0 Å². The number of rotatable bonds is 5. The highest BCUT2D eigenvalue weighted by atomic mass is 79.9. The number of carbonyl (C=O) groups excluding carboxylic acids is 1. The Hall–Kier alpha value is -0.880. The number of hydrogen-bond donors (Lipinski definition) is 2. The van der Waals surface area contributed by atoms with Crippen LogP contribution in [0.1, 0.15) is 37.7 Å². The van der Waals surface area contributed by atoms with Gasteiger partial charge in [0.05, 0.1) is 27.4 Å². The Balaban J connectivity index is 2.98. The minimum atomic E-state index is -0.724. The second kappa shape index (κ2) is 5.40. The van der Waals surface area contributed by atoms with Crippen molar-refractivity contribution in [1.29, 1.82) is 0 Å². The molecular weight excluding hydrogens is 296 g/mol. The third-order valence-corrected chi connectivity index (χ3v) is 4.60. The van der Waals surface area contributed by atoms with Crippen molar-refractivity contribution in [1.82, 2.24) is 15.1 Å². The fraction of sp³-hybridized carbons (Fsp3) is 0.667. The molecule has 0 aliphatic rings. The van der Waals surface area contributed by atoms with Crippen LogP contribution in [0.25, 0.3) is 0 Å². The fourth-order valence-electron chi connectivity index (χ4n) is 2.08. The number of likely N-dealkylation sites (N-methyl/N-ethyl adjacent to an activating group) is 1. The third kappa shape index (κ3) is 2.75. The molecule has 0 aliphatic heterocycles. The van der Waals surface area contributed by atoms with Gasteiger partial charge in [-0.3, -0.25) is 9.48 Å². The van der Waals surface area contributed by atoms with Crippen molar-refractivity contribution in [2.24, 2.45) is 5.73 Å². The summed E-state index contributed by atoms with van der Waals surface area (Å²) < 4.78 is 2.94. The van der Waals surface area contributed by atoms with Crippen molar-refractivity contribution < 1.29 is 4.79 Å². The predicted molar refractivity (Wildman–Crippen MR) is 75.4 cm³/mol. The molecule has 0 radical (unpaired) electrons. The van der Waals surface area contributed by atoms with Crippen molar-refractivity contribution in [2.45, 2.75) is 45.7 Å². The lowest BCUT2D eigenvalue weighted by molar-refractivity contribution is -0.124. The molecule has 0 aliphatic carbocycles. The molecule has 0 aromatic carbocycles. The lowest BCUT2D eigenvalue weighted by Crippen LogP contribution is -2.52. The molecule has 1 aromatic heterocycles. The molecule has 2 unspecified atom stereocenters. The molecule has 1 heterocycles. The maximum Gasteiger partial charge on any atom is 0.237 e. The van der Waals surface area contributed by atoms with E-state index in [9.17, 15) is 4.79 Å². The van der Waals surface area contributed by atoms with E-state index < -0.39 is 5.54 Å². The predicted octanol–water partition coefficient (Wildman–Crippen LogP) is 1.68. The van der Waals surface area contributed by atoms with Gasteiger partial charge in [-0.15, -0.1) is 0 Å². The molecule has 1 aromatic rings. The van der Waals surface area contributed by atoms with Crippen LogP contribution >= 0.6 is 15.9 Å². The summed E-state index contributed by atoms with van der Waals surface area (Å²) >= 11 is 3.50. The SMILES string of the molecule is CNC(C)(CC(C)n1nc(C)c(Br)c1C)C(N)=O. The highest BCUT2D eigenvalue weighted by Gasteiger charge is 2.32. The number of aryl methyl sites for hydroxylation is 1. The minimum Gasteiger partial charge on any atom is -0.368 e. The molecule has 0 spiro atoms. The number of halogens is 1. The number of aromatic nitrogens is 2. The molecule has 102 valence electrons. The molecule has 5 nitrogen and oxygen atoms in total. The topological polar surface area (TPSA) is 72.9 Å². The standard InChI is InChI=1S/C12H21BrN4O/c1-7(6-12(4,15-5)11(14)18)17-9(3)10(13)8(2)16-17/h7,15H,6H2,1-5H3,(H2,14,18). The Morgan fingerprint density at radius 3 is 2.50 bits per heavy atom. The summed E-state index contributed by atoms with van der Waals surface area (Å²) in [5, 5.41) is 7.47. The average Bonchev–Trinajstić information content (AvgIpc) is 2.56. The van der Waals surface area contributed by atoms with E-state index >= 15 is 0 Å². The zero-order chi connectivity index (χ0) is 14.1. The Kier molecular flexibility index (Phi) is 4.55. The molecule has 3 N–H and O–H groups in total. The fourth-order valence-corrected chi connectivity index (χ4v) is 2.34. The van der Waals surface area contributed by atoms with E-state index in [1.807, 2.05) is 32.4 Å². The number of nitrogens with zero attached hydrogens (tertiary/aromatic N) is 2. The van der Waals surface area contributed by atoms with Gasteiger partial charge in [-0.1, -0.05) is 0 Å². The van der Waals surface area contributed by atoms with Gasteiger partial charge in [0.1, 0.15) is 0 Å². The summed E-state index contributed by atoms with van der Waals surface area (Å²) in [4.78, 5) is 11.5. The lowest BCUT2D eigenvalue weighted by Gasteiger charge is -2.29. The van der Waals surface area contributed by atoms with Gasteiger partial charge >= 0.3 is 0 Å². The van der Waals surface area contributed by atoms with Crippen LogP contribution in [-0.4, -0.2) is 28.3 Å². The Morgan fingerprint density at radius 1 is 1.61 bits per heavy atom. The van der Waals surface area contributed by atoms with E-state index in [1.165, 1.54) is 0 Å². The summed E-state index contributed by atoms with van der Waals surface area (Å²) in [7, 11) is 1.74. The molecule has 1 amide bonds. The number of hydrogen-bond acceptors (Lipinski definition) is 3. The van der Waals surface area contributed by atoms with Gasteiger partial charge in [0.25, 0.3) is 0 Å². The average molecular weight is 317 g/mol. The molecule has 18 heavy (non-hydrogen) atoms. The van der Waals surface area contributed by atoms with Crippen LogP contribution in [0.15, 0.2) is 4.47 Å². The van der Waals surface area contributed by atoms with Crippen LogP contribution in [0.4, 0.5) is 0 Å². The van der Waals surface area contributed by atoms with Gasteiger partial charge in [-0.05, 0) is 57.1 Å². The van der Waals surface area contributed by atoms with Crippen LogP contribution in [0.5, 0.6) is 0 Å².